The summed E-state index contributed by atoms with van der Waals surface area (Å²) in [6.45, 7) is 0. The van der Waals surface area contributed by atoms with Gasteiger partial charge < -0.3 is 18.9 Å². The molecule has 0 saturated carbocycles. The summed E-state index contributed by atoms with van der Waals surface area (Å²) in [6, 6.07) is 0. The Labute approximate surface area is 134 Å². The molecule has 0 heterocycles. The van der Waals surface area contributed by atoms with Crippen LogP contribution in [0.4, 0.5) is 11.4 Å². The van der Waals surface area contributed by atoms with E-state index in [0.29, 0.717) is 0 Å². The number of nitro benzene ring substituents is 2. The minimum Gasteiger partial charge on any atom is -0.489 e. The van der Waals surface area contributed by atoms with E-state index in [4.69, 9.17) is 9.47 Å². The largest absolute Gasteiger partial charge is 0.489 e. The number of nitrogens with zero attached hydrogens (tertiary/aromatic N) is 2. The van der Waals surface area contributed by atoms with Crippen molar-refractivity contribution >= 4 is 23.3 Å². The topological polar surface area (TPSA) is 157 Å². The summed E-state index contributed by atoms with van der Waals surface area (Å²) in [5.74, 6) is -4.20. The standard InChI is InChI=1S/C12H12N2O10/c1-21-9-5(11(15)23-3)8(14(19)20)10(22-2)6(12(16)24-4)7(9)13(17)18/h1-4H3. The maximum Gasteiger partial charge on any atom is 0.349 e. The van der Waals surface area contributed by atoms with Crippen LogP contribution in [0.3, 0.4) is 0 Å². The van der Waals surface area contributed by atoms with Gasteiger partial charge in [-0.25, -0.2) is 9.59 Å². The Bertz CT molecular complexity index is 666. The normalized spacial score (nSPS) is 9.83. The number of benzene rings is 1. The van der Waals surface area contributed by atoms with Crippen LogP contribution in [0.15, 0.2) is 0 Å². The first kappa shape index (κ1) is 18.6. The van der Waals surface area contributed by atoms with Gasteiger partial charge in [-0.1, -0.05) is 0 Å². The molecule has 1 aromatic carbocycles. The number of nitro groups is 2. The Kier molecular flexibility index (Phi) is 5.59. The molecule has 1 aromatic rings. The fourth-order valence-electron chi connectivity index (χ4n) is 2.01. The molecule has 0 bridgehead atoms. The zero-order valence-corrected chi connectivity index (χ0v) is 13.0. The van der Waals surface area contributed by atoms with Crippen molar-refractivity contribution in [3.63, 3.8) is 0 Å². The number of hydrogen-bond donors (Lipinski definition) is 0. The highest BCUT2D eigenvalue weighted by Crippen LogP contribution is 2.48. The van der Waals surface area contributed by atoms with Crippen LogP contribution >= 0.6 is 0 Å². The molecular formula is C12H12N2O10. The summed E-state index contributed by atoms with van der Waals surface area (Å²) in [5, 5.41) is 22.7. The van der Waals surface area contributed by atoms with Crippen LogP contribution in [0.2, 0.25) is 0 Å². The Morgan fingerprint density at radius 2 is 1.04 bits per heavy atom. The lowest BCUT2D eigenvalue weighted by Gasteiger charge is -2.14. The summed E-state index contributed by atoms with van der Waals surface area (Å²) >= 11 is 0. The second-order valence-electron chi connectivity index (χ2n) is 4.01. The van der Waals surface area contributed by atoms with Crippen molar-refractivity contribution in [2.45, 2.75) is 0 Å². The highest BCUT2D eigenvalue weighted by molar-refractivity contribution is 6.07. The zero-order chi connectivity index (χ0) is 18.6. The van der Waals surface area contributed by atoms with Gasteiger partial charge in [-0.3, -0.25) is 20.2 Å². The molecule has 0 aliphatic carbocycles. The molecule has 0 unspecified atom stereocenters. The summed E-state index contributed by atoms with van der Waals surface area (Å²) < 4.78 is 18.4. The monoisotopic (exact) mass is 344 g/mol. The van der Waals surface area contributed by atoms with Gasteiger partial charge in [0.2, 0.25) is 11.5 Å². The van der Waals surface area contributed by atoms with Crippen molar-refractivity contribution in [1.29, 1.82) is 0 Å². The summed E-state index contributed by atoms with van der Waals surface area (Å²) in [7, 11) is 3.70. The third kappa shape index (κ3) is 2.88. The van der Waals surface area contributed by atoms with Gasteiger partial charge in [-0.2, -0.15) is 0 Å². The molecule has 24 heavy (non-hydrogen) atoms. The molecular weight excluding hydrogens is 332 g/mol. The first-order valence-electron chi connectivity index (χ1n) is 6.04. The van der Waals surface area contributed by atoms with Crippen LogP contribution in [-0.4, -0.2) is 50.2 Å². The number of rotatable bonds is 6. The van der Waals surface area contributed by atoms with Crippen LogP contribution in [0.5, 0.6) is 11.5 Å². The Morgan fingerprint density at radius 1 is 0.750 bits per heavy atom. The van der Waals surface area contributed by atoms with E-state index in [9.17, 15) is 29.8 Å². The van der Waals surface area contributed by atoms with Crippen LogP contribution in [0, 0.1) is 20.2 Å². The van der Waals surface area contributed by atoms with E-state index in [0.717, 1.165) is 28.4 Å². The third-order valence-electron chi connectivity index (χ3n) is 2.91. The van der Waals surface area contributed by atoms with E-state index in [1.54, 1.807) is 0 Å². The molecule has 0 spiro atoms. The number of carbonyl (C=O) groups is 2. The lowest BCUT2D eigenvalue weighted by atomic mass is 10.0. The second-order valence-corrected chi connectivity index (χ2v) is 4.01. The minimum absolute atomic E-state index is 0.820. The van der Waals surface area contributed by atoms with Crippen molar-refractivity contribution in [3.8, 4) is 11.5 Å². The molecule has 0 radical (unpaired) electrons. The Hall–Kier alpha value is -3.44. The molecule has 0 fully saturated rings. The predicted octanol–water partition coefficient (Wildman–Crippen LogP) is 1.09. The van der Waals surface area contributed by atoms with E-state index < -0.39 is 55.8 Å². The van der Waals surface area contributed by atoms with Crippen molar-refractivity contribution in [2.24, 2.45) is 0 Å². The van der Waals surface area contributed by atoms with E-state index in [-0.39, 0.29) is 0 Å². The predicted molar refractivity (Wildman–Crippen MR) is 75.5 cm³/mol. The van der Waals surface area contributed by atoms with Crippen LogP contribution < -0.4 is 9.47 Å². The maximum absolute atomic E-state index is 11.9. The van der Waals surface area contributed by atoms with Crippen molar-refractivity contribution in [2.75, 3.05) is 28.4 Å². The number of methoxy groups -OCH3 is 4. The number of carbonyl (C=O) groups excluding carboxylic acids is 2. The van der Waals surface area contributed by atoms with E-state index >= 15 is 0 Å². The summed E-state index contributed by atoms with van der Waals surface area (Å²) in [5.41, 5.74) is -3.76. The highest BCUT2D eigenvalue weighted by Gasteiger charge is 2.44. The van der Waals surface area contributed by atoms with Crippen LogP contribution in [0.25, 0.3) is 0 Å². The third-order valence-corrected chi connectivity index (χ3v) is 2.91. The number of esters is 2. The fraction of sp³-hybridized carbons (Fsp3) is 0.333. The van der Waals surface area contributed by atoms with Gasteiger partial charge >= 0.3 is 23.3 Å². The lowest BCUT2D eigenvalue weighted by Crippen LogP contribution is -2.16. The SMILES string of the molecule is COC(=O)c1c(OC)c([N+](=O)[O-])c(C(=O)OC)c(OC)c1[N+](=O)[O-]. The molecule has 0 atom stereocenters. The molecule has 0 N–H and O–H groups in total. The fourth-order valence-corrected chi connectivity index (χ4v) is 2.01. The highest BCUT2D eigenvalue weighted by atomic mass is 16.6. The summed E-state index contributed by atoms with van der Waals surface area (Å²) in [6.07, 6.45) is 0. The van der Waals surface area contributed by atoms with E-state index in [1.165, 1.54) is 0 Å². The summed E-state index contributed by atoms with van der Waals surface area (Å²) in [4.78, 5) is 44.5. The quantitative estimate of drug-likeness (QED) is 0.415. The first-order valence-corrected chi connectivity index (χ1v) is 6.04. The lowest BCUT2D eigenvalue weighted by molar-refractivity contribution is -0.391. The van der Waals surface area contributed by atoms with Gasteiger partial charge in [-0.05, 0) is 0 Å². The van der Waals surface area contributed by atoms with Gasteiger partial charge in [-0.15, -0.1) is 0 Å². The van der Waals surface area contributed by atoms with Crippen molar-refractivity contribution < 1.29 is 38.4 Å². The average Bonchev–Trinajstić information content (AvgIpc) is 2.56. The second kappa shape index (κ2) is 7.21. The molecule has 0 aliphatic heterocycles. The zero-order valence-electron chi connectivity index (χ0n) is 13.0. The molecule has 130 valence electrons. The van der Waals surface area contributed by atoms with Crippen molar-refractivity contribution in [1.82, 2.24) is 0 Å². The Balaban J connectivity index is 4.24. The van der Waals surface area contributed by atoms with Crippen LogP contribution in [-0.2, 0) is 9.47 Å². The van der Waals surface area contributed by atoms with Gasteiger partial charge in [0, 0.05) is 0 Å². The van der Waals surface area contributed by atoms with Gasteiger partial charge in [0.15, 0.2) is 11.1 Å². The van der Waals surface area contributed by atoms with E-state index in [1.807, 2.05) is 0 Å². The molecule has 0 amide bonds. The molecule has 0 aliphatic rings. The van der Waals surface area contributed by atoms with Crippen molar-refractivity contribution in [3.05, 3.63) is 31.4 Å². The van der Waals surface area contributed by atoms with E-state index in [2.05, 4.69) is 9.47 Å². The molecule has 0 aromatic heterocycles. The number of hydrogen-bond acceptors (Lipinski definition) is 10. The number of ether oxygens (including phenoxy) is 4. The molecule has 12 nitrogen and oxygen atoms in total. The van der Waals surface area contributed by atoms with Gasteiger partial charge in [0.05, 0.1) is 38.3 Å². The molecule has 1 rings (SSSR count). The van der Waals surface area contributed by atoms with Crippen LogP contribution in [0.1, 0.15) is 20.7 Å². The smallest absolute Gasteiger partial charge is 0.349 e. The Morgan fingerprint density at radius 3 is 1.21 bits per heavy atom. The minimum atomic E-state index is -1.28. The molecule has 12 heteroatoms. The average molecular weight is 344 g/mol. The maximum atomic E-state index is 11.9. The molecule has 0 saturated heterocycles. The first-order chi connectivity index (χ1) is 11.3. The van der Waals surface area contributed by atoms with Gasteiger partial charge in [0.1, 0.15) is 0 Å². The van der Waals surface area contributed by atoms with Gasteiger partial charge in [0.25, 0.3) is 0 Å².